The molecule has 0 aliphatic carbocycles. The van der Waals surface area contributed by atoms with Gasteiger partial charge in [0.25, 0.3) is 5.24 Å². The molecule has 64 valence electrons. The molecule has 1 aromatic rings. The molecule has 0 N–H and O–H groups in total. The third-order valence-electron chi connectivity index (χ3n) is 1.27. The fourth-order valence-corrected chi connectivity index (χ4v) is 1.14. The van der Waals surface area contributed by atoms with E-state index in [2.05, 4.69) is 4.98 Å². The van der Waals surface area contributed by atoms with Gasteiger partial charge < -0.3 is 4.74 Å². The molecule has 0 bridgehead atoms. The first-order valence-corrected chi connectivity index (χ1v) is 3.79. The normalized spacial score (nSPS) is 9.58. The number of methoxy groups -OCH3 is 1. The molecule has 3 nitrogen and oxygen atoms in total. The predicted octanol–water partition coefficient (Wildman–Crippen LogP) is 2.12. The maximum absolute atomic E-state index is 10.8. The van der Waals surface area contributed by atoms with E-state index in [4.69, 9.17) is 27.9 Å². The van der Waals surface area contributed by atoms with Crippen LogP contribution in [0.25, 0.3) is 0 Å². The highest BCUT2D eigenvalue weighted by atomic mass is 35.5. The van der Waals surface area contributed by atoms with Gasteiger partial charge in [0, 0.05) is 12.4 Å². The van der Waals surface area contributed by atoms with E-state index in [1.165, 1.54) is 19.5 Å². The highest BCUT2D eigenvalue weighted by Gasteiger charge is 2.12. The van der Waals surface area contributed by atoms with Gasteiger partial charge in [0.1, 0.15) is 5.02 Å². The van der Waals surface area contributed by atoms with Crippen molar-refractivity contribution < 1.29 is 9.53 Å². The molecule has 0 radical (unpaired) electrons. The molecule has 0 aliphatic heterocycles. The number of pyridine rings is 1. The zero-order valence-electron chi connectivity index (χ0n) is 6.17. The largest absolute Gasteiger partial charge is 0.494 e. The van der Waals surface area contributed by atoms with Crippen molar-refractivity contribution in [3.8, 4) is 5.75 Å². The fourth-order valence-electron chi connectivity index (χ4n) is 0.771. The van der Waals surface area contributed by atoms with E-state index in [0.29, 0.717) is 0 Å². The molecule has 12 heavy (non-hydrogen) atoms. The van der Waals surface area contributed by atoms with Crippen LogP contribution in [0.2, 0.25) is 5.02 Å². The number of halogens is 2. The lowest BCUT2D eigenvalue weighted by atomic mass is 10.3. The minimum atomic E-state index is -0.637. The Hall–Kier alpha value is -0.800. The Morgan fingerprint density at radius 1 is 1.58 bits per heavy atom. The smallest absolute Gasteiger partial charge is 0.257 e. The fraction of sp³-hybridized carbons (Fsp3) is 0.143. The van der Waals surface area contributed by atoms with Gasteiger partial charge in [-0.1, -0.05) is 11.6 Å². The Labute approximate surface area is 79.3 Å². The van der Waals surface area contributed by atoms with Crippen molar-refractivity contribution in [1.29, 1.82) is 0 Å². The summed E-state index contributed by atoms with van der Waals surface area (Å²) in [6.45, 7) is 0. The molecule has 0 fully saturated rings. The summed E-state index contributed by atoms with van der Waals surface area (Å²) in [6.07, 6.45) is 2.68. The van der Waals surface area contributed by atoms with Gasteiger partial charge in [-0.05, 0) is 11.6 Å². The van der Waals surface area contributed by atoms with E-state index < -0.39 is 5.24 Å². The van der Waals surface area contributed by atoms with Crippen LogP contribution in [-0.4, -0.2) is 17.3 Å². The Balaban J connectivity index is 3.27. The molecule has 0 aliphatic rings. The van der Waals surface area contributed by atoms with Crippen molar-refractivity contribution >= 4 is 28.4 Å². The summed E-state index contributed by atoms with van der Waals surface area (Å²) in [5, 5.41) is -0.370. The third-order valence-corrected chi connectivity index (χ3v) is 1.74. The second-order valence-corrected chi connectivity index (χ2v) is 2.73. The van der Waals surface area contributed by atoms with Crippen molar-refractivity contribution in [3.05, 3.63) is 23.0 Å². The third kappa shape index (κ3) is 1.68. The first-order valence-electron chi connectivity index (χ1n) is 3.04. The SMILES string of the molecule is COc1c(Cl)cncc1C(=O)Cl. The average Bonchev–Trinajstić information content (AvgIpc) is 2.03. The summed E-state index contributed by atoms with van der Waals surface area (Å²) in [5.41, 5.74) is 0.173. The van der Waals surface area contributed by atoms with Crippen molar-refractivity contribution in [2.75, 3.05) is 7.11 Å². The van der Waals surface area contributed by atoms with Gasteiger partial charge in [0.05, 0.1) is 12.7 Å². The summed E-state index contributed by atoms with van der Waals surface area (Å²) in [6, 6.07) is 0. The number of ether oxygens (including phenoxy) is 1. The van der Waals surface area contributed by atoms with Gasteiger partial charge in [-0.15, -0.1) is 0 Å². The lowest BCUT2D eigenvalue weighted by Crippen LogP contribution is -1.96. The second-order valence-electron chi connectivity index (χ2n) is 1.98. The molecule has 0 aromatic carbocycles. The van der Waals surface area contributed by atoms with E-state index in [1.54, 1.807) is 0 Å². The van der Waals surface area contributed by atoms with E-state index in [0.717, 1.165) is 0 Å². The molecule has 0 spiro atoms. The molecular weight excluding hydrogens is 201 g/mol. The summed E-state index contributed by atoms with van der Waals surface area (Å²) in [7, 11) is 1.41. The highest BCUT2D eigenvalue weighted by Crippen LogP contribution is 2.27. The summed E-state index contributed by atoms with van der Waals surface area (Å²) >= 11 is 10.9. The summed E-state index contributed by atoms with van der Waals surface area (Å²) in [5.74, 6) is 0.256. The maximum atomic E-state index is 10.8. The van der Waals surface area contributed by atoms with Crippen LogP contribution in [0.1, 0.15) is 10.4 Å². The molecule has 0 atom stereocenters. The van der Waals surface area contributed by atoms with Crippen molar-refractivity contribution in [3.63, 3.8) is 0 Å². The van der Waals surface area contributed by atoms with Crippen LogP contribution >= 0.6 is 23.2 Å². The first kappa shape index (κ1) is 9.29. The van der Waals surface area contributed by atoms with Crippen LogP contribution in [0.4, 0.5) is 0 Å². The van der Waals surface area contributed by atoms with Gasteiger partial charge in [-0.25, -0.2) is 0 Å². The van der Waals surface area contributed by atoms with Gasteiger partial charge in [-0.3, -0.25) is 9.78 Å². The average molecular weight is 206 g/mol. The Bertz CT molecular complexity index is 314. The second kappa shape index (κ2) is 3.74. The van der Waals surface area contributed by atoms with Crippen molar-refractivity contribution in [2.24, 2.45) is 0 Å². The van der Waals surface area contributed by atoms with Crippen LogP contribution in [-0.2, 0) is 0 Å². The first-order chi connectivity index (χ1) is 5.66. The van der Waals surface area contributed by atoms with Crippen LogP contribution in [0.3, 0.4) is 0 Å². The van der Waals surface area contributed by atoms with Crippen LogP contribution in [0.5, 0.6) is 5.75 Å². The lowest BCUT2D eigenvalue weighted by Gasteiger charge is -2.04. The molecule has 0 unspecified atom stereocenters. The number of aromatic nitrogens is 1. The van der Waals surface area contributed by atoms with Crippen LogP contribution < -0.4 is 4.74 Å². The molecule has 0 amide bonds. The predicted molar refractivity (Wildman–Crippen MR) is 46.0 cm³/mol. The maximum Gasteiger partial charge on any atom is 0.257 e. The molecule has 0 saturated heterocycles. The minimum absolute atomic E-state index is 0.173. The van der Waals surface area contributed by atoms with Crippen LogP contribution in [0.15, 0.2) is 12.4 Å². The minimum Gasteiger partial charge on any atom is -0.494 e. The zero-order chi connectivity index (χ0) is 9.14. The quantitative estimate of drug-likeness (QED) is 0.695. The number of carbonyl (C=O) groups is 1. The Morgan fingerprint density at radius 2 is 2.25 bits per heavy atom. The van der Waals surface area contributed by atoms with Gasteiger partial charge >= 0.3 is 0 Å². The number of carbonyl (C=O) groups excluding carboxylic acids is 1. The van der Waals surface area contributed by atoms with Crippen LogP contribution in [0, 0.1) is 0 Å². The number of nitrogens with zero attached hydrogens (tertiary/aromatic N) is 1. The number of hydrogen-bond donors (Lipinski definition) is 0. The molecule has 1 heterocycles. The molecule has 1 rings (SSSR count). The molecule has 0 saturated carbocycles. The highest BCUT2D eigenvalue weighted by molar-refractivity contribution is 6.68. The number of hydrogen-bond acceptors (Lipinski definition) is 3. The van der Waals surface area contributed by atoms with E-state index in [1.807, 2.05) is 0 Å². The Morgan fingerprint density at radius 3 is 2.67 bits per heavy atom. The van der Waals surface area contributed by atoms with Gasteiger partial charge in [0.15, 0.2) is 5.75 Å². The summed E-state index contributed by atoms with van der Waals surface area (Å²) < 4.78 is 4.86. The monoisotopic (exact) mass is 205 g/mol. The van der Waals surface area contributed by atoms with E-state index in [9.17, 15) is 4.79 Å². The van der Waals surface area contributed by atoms with Crippen molar-refractivity contribution in [1.82, 2.24) is 4.98 Å². The zero-order valence-corrected chi connectivity index (χ0v) is 7.69. The van der Waals surface area contributed by atoms with Crippen molar-refractivity contribution in [2.45, 2.75) is 0 Å². The number of rotatable bonds is 2. The Kier molecular flexibility index (Phi) is 2.89. The van der Waals surface area contributed by atoms with Gasteiger partial charge in [-0.2, -0.15) is 0 Å². The topological polar surface area (TPSA) is 39.2 Å². The summed E-state index contributed by atoms with van der Waals surface area (Å²) in [4.78, 5) is 14.5. The van der Waals surface area contributed by atoms with Gasteiger partial charge in [0.2, 0.25) is 0 Å². The lowest BCUT2D eigenvalue weighted by molar-refractivity contribution is 0.107. The van der Waals surface area contributed by atoms with E-state index >= 15 is 0 Å². The molecule has 1 aromatic heterocycles. The van der Waals surface area contributed by atoms with E-state index in [-0.39, 0.29) is 16.3 Å². The molecule has 5 heteroatoms. The molecular formula is C7H5Cl2NO2. The standard InChI is InChI=1S/C7H5Cl2NO2/c1-12-6-4(7(9)11)2-10-3-5(6)8/h2-3H,1H3.